The normalized spacial score (nSPS) is 11.8. The van der Waals surface area contributed by atoms with Gasteiger partial charge in [0.1, 0.15) is 5.54 Å². The van der Waals surface area contributed by atoms with Crippen LogP contribution in [0.25, 0.3) is 0 Å². The Kier molecular flexibility index (Phi) is 4.29. The van der Waals surface area contributed by atoms with Gasteiger partial charge in [-0.1, -0.05) is 38.1 Å². The topological polar surface area (TPSA) is 49.3 Å². The maximum Gasteiger partial charge on any atom is 0.323 e. The molecule has 17 heavy (non-hydrogen) atoms. The maximum absolute atomic E-state index is 10.9. The fraction of sp³-hybridized carbons (Fsp3) is 0.500. The van der Waals surface area contributed by atoms with Crippen LogP contribution in [0.1, 0.15) is 44.7 Å². The van der Waals surface area contributed by atoms with Crippen molar-refractivity contribution in [2.24, 2.45) is 0 Å². The second-order valence-corrected chi connectivity index (χ2v) is 5.18. The Morgan fingerprint density at radius 1 is 1.29 bits per heavy atom. The summed E-state index contributed by atoms with van der Waals surface area (Å²) in [6.45, 7) is 8.20. The van der Waals surface area contributed by atoms with Gasteiger partial charge in [0, 0.05) is 6.54 Å². The van der Waals surface area contributed by atoms with Crippen molar-refractivity contribution >= 4 is 5.97 Å². The van der Waals surface area contributed by atoms with Gasteiger partial charge in [-0.05, 0) is 30.9 Å². The first kappa shape index (κ1) is 13.7. The molecule has 0 aromatic heterocycles. The molecule has 0 amide bonds. The molecule has 0 radical (unpaired) electrons. The lowest BCUT2D eigenvalue weighted by molar-refractivity contribution is -0.143. The first-order chi connectivity index (χ1) is 7.83. The zero-order valence-corrected chi connectivity index (χ0v) is 10.9. The summed E-state index contributed by atoms with van der Waals surface area (Å²) < 4.78 is 0. The van der Waals surface area contributed by atoms with E-state index < -0.39 is 11.5 Å². The van der Waals surface area contributed by atoms with Crippen LogP contribution in [0.2, 0.25) is 0 Å². The fourth-order valence-electron chi connectivity index (χ4n) is 1.42. The highest BCUT2D eigenvalue weighted by molar-refractivity contribution is 5.77. The smallest absolute Gasteiger partial charge is 0.323 e. The number of hydrogen-bond acceptors (Lipinski definition) is 2. The molecule has 0 saturated heterocycles. The number of rotatable bonds is 5. The van der Waals surface area contributed by atoms with Gasteiger partial charge in [-0.2, -0.15) is 0 Å². The first-order valence-electron chi connectivity index (χ1n) is 5.90. The highest BCUT2D eigenvalue weighted by Crippen LogP contribution is 2.15. The van der Waals surface area contributed by atoms with Crippen LogP contribution in [-0.2, 0) is 11.3 Å². The Balaban J connectivity index is 2.62. The van der Waals surface area contributed by atoms with Gasteiger partial charge in [-0.15, -0.1) is 0 Å². The van der Waals surface area contributed by atoms with Crippen molar-refractivity contribution in [3.8, 4) is 0 Å². The number of nitrogens with one attached hydrogen (secondary N) is 1. The van der Waals surface area contributed by atoms with E-state index in [2.05, 4.69) is 31.3 Å². The zero-order valence-electron chi connectivity index (χ0n) is 10.9. The molecule has 0 spiro atoms. The fourth-order valence-corrected chi connectivity index (χ4v) is 1.42. The van der Waals surface area contributed by atoms with Gasteiger partial charge in [0.2, 0.25) is 0 Å². The lowest BCUT2D eigenvalue weighted by atomic mass is 10.0. The van der Waals surface area contributed by atoms with Crippen LogP contribution >= 0.6 is 0 Å². The van der Waals surface area contributed by atoms with Crippen molar-refractivity contribution in [2.45, 2.75) is 45.7 Å². The molecular weight excluding hydrogens is 214 g/mol. The van der Waals surface area contributed by atoms with E-state index in [1.807, 2.05) is 12.1 Å². The van der Waals surface area contributed by atoms with E-state index in [4.69, 9.17) is 5.11 Å². The number of carboxylic acids is 1. The summed E-state index contributed by atoms with van der Waals surface area (Å²) in [7, 11) is 0. The van der Waals surface area contributed by atoms with E-state index in [-0.39, 0.29) is 0 Å². The first-order valence-corrected chi connectivity index (χ1v) is 5.90. The Labute approximate surface area is 103 Å². The van der Waals surface area contributed by atoms with Gasteiger partial charge in [0.05, 0.1) is 0 Å². The highest BCUT2D eigenvalue weighted by Gasteiger charge is 2.25. The van der Waals surface area contributed by atoms with Crippen molar-refractivity contribution < 1.29 is 9.90 Å². The third-order valence-electron chi connectivity index (χ3n) is 2.92. The zero-order chi connectivity index (χ0) is 13.1. The van der Waals surface area contributed by atoms with Crippen LogP contribution in [0.3, 0.4) is 0 Å². The van der Waals surface area contributed by atoms with E-state index >= 15 is 0 Å². The molecule has 0 unspecified atom stereocenters. The van der Waals surface area contributed by atoms with Gasteiger partial charge < -0.3 is 5.11 Å². The standard InChI is InChI=1S/C14H21NO2/c1-10(2)12-7-5-11(6-8-12)9-15-14(3,4)13(16)17/h5-8,10,15H,9H2,1-4H3,(H,16,17). The molecule has 1 aromatic rings. The molecule has 0 atom stereocenters. The average Bonchev–Trinajstić information content (AvgIpc) is 2.27. The molecule has 0 bridgehead atoms. The van der Waals surface area contributed by atoms with Crippen LogP contribution in [-0.4, -0.2) is 16.6 Å². The molecule has 2 N–H and O–H groups in total. The Bertz CT molecular complexity index is 380. The molecule has 0 saturated carbocycles. The molecule has 0 aliphatic carbocycles. The molecule has 3 heteroatoms. The van der Waals surface area contributed by atoms with E-state index in [0.717, 1.165) is 5.56 Å². The van der Waals surface area contributed by atoms with E-state index in [9.17, 15) is 4.79 Å². The number of aliphatic carboxylic acids is 1. The van der Waals surface area contributed by atoms with Gasteiger partial charge in [-0.3, -0.25) is 10.1 Å². The minimum Gasteiger partial charge on any atom is -0.480 e. The molecular formula is C14H21NO2. The van der Waals surface area contributed by atoms with Gasteiger partial charge in [0.15, 0.2) is 0 Å². The van der Waals surface area contributed by atoms with Crippen molar-refractivity contribution in [1.82, 2.24) is 5.32 Å². The Hall–Kier alpha value is -1.35. The third-order valence-corrected chi connectivity index (χ3v) is 2.92. The van der Waals surface area contributed by atoms with Crippen molar-refractivity contribution in [1.29, 1.82) is 0 Å². The molecule has 0 aliphatic heterocycles. The van der Waals surface area contributed by atoms with Crippen molar-refractivity contribution in [3.63, 3.8) is 0 Å². The minimum atomic E-state index is -0.892. The predicted octanol–water partition coefficient (Wildman–Crippen LogP) is 2.76. The summed E-state index contributed by atoms with van der Waals surface area (Å²) in [4.78, 5) is 10.9. The Morgan fingerprint density at radius 3 is 2.24 bits per heavy atom. The summed E-state index contributed by atoms with van der Waals surface area (Å²) in [5.74, 6) is -0.316. The van der Waals surface area contributed by atoms with Crippen LogP contribution in [0.5, 0.6) is 0 Å². The van der Waals surface area contributed by atoms with Gasteiger partial charge in [0.25, 0.3) is 0 Å². The summed E-state index contributed by atoms with van der Waals surface area (Å²) in [5.41, 5.74) is 1.51. The van der Waals surface area contributed by atoms with Crippen LogP contribution in [0.15, 0.2) is 24.3 Å². The molecule has 94 valence electrons. The predicted molar refractivity (Wildman–Crippen MR) is 69.1 cm³/mol. The van der Waals surface area contributed by atoms with Crippen LogP contribution in [0.4, 0.5) is 0 Å². The van der Waals surface area contributed by atoms with Gasteiger partial charge >= 0.3 is 5.97 Å². The van der Waals surface area contributed by atoms with Crippen LogP contribution < -0.4 is 5.32 Å². The number of hydrogen-bond donors (Lipinski definition) is 2. The molecule has 0 aliphatic rings. The lowest BCUT2D eigenvalue weighted by Crippen LogP contribution is -2.46. The van der Waals surface area contributed by atoms with E-state index in [1.165, 1.54) is 5.56 Å². The van der Waals surface area contributed by atoms with E-state index in [1.54, 1.807) is 13.8 Å². The number of carbonyl (C=O) groups is 1. The largest absolute Gasteiger partial charge is 0.480 e. The average molecular weight is 235 g/mol. The molecule has 0 fully saturated rings. The minimum absolute atomic E-state index is 0.521. The number of benzene rings is 1. The number of carboxylic acid groups (broad SMARTS) is 1. The molecule has 1 aromatic carbocycles. The lowest BCUT2D eigenvalue weighted by Gasteiger charge is -2.21. The monoisotopic (exact) mass is 235 g/mol. The molecule has 3 nitrogen and oxygen atoms in total. The van der Waals surface area contributed by atoms with Crippen LogP contribution in [0, 0.1) is 0 Å². The maximum atomic E-state index is 10.9. The second kappa shape index (κ2) is 5.32. The SMILES string of the molecule is CC(C)c1ccc(CNC(C)(C)C(=O)O)cc1. The van der Waals surface area contributed by atoms with E-state index in [0.29, 0.717) is 12.5 Å². The summed E-state index contributed by atoms with van der Waals surface area (Å²) in [6.07, 6.45) is 0. The summed E-state index contributed by atoms with van der Waals surface area (Å²) in [6, 6.07) is 8.27. The summed E-state index contributed by atoms with van der Waals surface area (Å²) in [5, 5.41) is 12.0. The molecule has 0 heterocycles. The third kappa shape index (κ3) is 3.86. The molecule has 1 rings (SSSR count). The van der Waals surface area contributed by atoms with Gasteiger partial charge in [-0.25, -0.2) is 0 Å². The van der Waals surface area contributed by atoms with Crippen molar-refractivity contribution in [2.75, 3.05) is 0 Å². The van der Waals surface area contributed by atoms with Crippen molar-refractivity contribution in [3.05, 3.63) is 35.4 Å². The summed E-state index contributed by atoms with van der Waals surface area (Å²) >= 11 is 0. The highest BCUT2D eigenvalue weighted by atomic mass is 16.4. The quantitative estimate of drug-likeness (QED) is 0.825. The Morgan fingerprint density at radius 2 is 1.82 bits per heavy atom. The second-order valence-electron chi connectivity index (χ2n) is 5.18.